The average Bonchev–Trinajstić information content (AvgIpc) is 2.90. The summed E-state index contributed by atoms with van der Waals surface area (Å²) in [4.78, 5) is 16.4. The third-order valence-corrected chi connectivity index (χ3v) is 5.73. The van der Waals surface area contributed by atoms with E-state index in [1.54, 1.807) is 23.3 Å². The molecule has 21 heavy (non-hydrogen) atoms. The van der Waals surface area contributed by atoms with Gasteiger partial charge in [0, 0.05) is 44.5 Å². The predicted molar refractivity (Wildman–Crippen MR) is 82.9 cm³/mol. The molecule has 1 amide bonds. The first-order chi connectivity index (χ1) is 10.1. The minimum atomic E-state index is -0.792. The van der Waals surface area contributed by atoms with Crippen LogP contribution >= 0.6 is 11.3 Å². The third-order valence-electron chi connectivity index (χ3n) is 4.51. The zero-order valence-electron chi connectivity index (χ0n) is 12.6. The molecule has 1 saturated heterocycles. The van der Waals surface area contributed by atoms with Gasteiger partial charge in [0.1, 0.15) is 0 Å². The first-order valence-electron chi connectivity index (χ1n) is 7.75. The molecule has 116 valence electrons. The van der Waals surface area contributed by atoms with Gasteiger partial charge < -0.3 is 14.7 Å². The van der Waals surface area contributed by atoms with Gasteiger partial charge in [0.25, 0.3) is 5.91 Å². The van der Waals surface area contributed by atoms with E-state index in [9.17, 15) is 9.90 Å². The zero-order chi connectivity index (χ0) is 14.9. The summed E-state index contributed by atoms with van der Waals surface area (Å²) >= 11 is 1.64. The lowest BCUT2D eigenvalue weighted by molar-refractivity contribution is -0.0733. The van der Waals surface area contributed by atoms with E-state index >= 15 is 0 Å². The van der Waals surface area contributed by atoms with Crippen molar-refractivity contribution >= 4 is 17.2 Å². The van der Waals surface area contributed by atoms with Crippen LogP contribution in [0.5, 0.6) is 0 Å². The molecule has 0 unspecified atom stereocenters. The average molecular weight is 309 g/mol. The summed E-state index contributed by atoms with van der Waals surface area (Å²) in [5.41, 5.74) is 0.562. The molecule has 0 aromatic carbocycles. The lowest BCUT2D eigenvalue weighted by atomic mass is 9.94. The Labute approximate surface area is 129 Å². The van der Waals surface area contributed by atoms with Crippen LogP contribution in [0.4, 0.5) is 0 Å². The number of likely N-dealkylation sites (N-methyl/N-ethyl adjacent to an activating group) is 1. The number of fused-ring (bicyclic) bond motifs is 1. The highest BCUT2D eigenvalue weighted by atomic mass is 32.1. The van der Waals surface area contributed by atoms with E-state index in [0.717, 1.165) is 17.7 Å². The third kappa shape index (κ3) is 3.30. The monoisotopic (exact) mass is 309 g/mol. The van der Waals surface area contributed by atoms with Crippen molar-refractivity contribution in [1.82, 2.24) is 4.90 Å². The van der Waals surface area contributed by atoms with Crippen LogP contribution < -0.4 is 0 Å². The molecule has 0 radical (unpaired) electrons. The van der Waals surface area contributed by atoms with E-state index < -0.39 is 5.60 Å². The van der Waals surface area contributed by atoms with Crippen LogP contribution in [0.1, 0.15) is 45.8 Å². The Morgan fingerprint density at radius 2 is 2.10 bits per heavy atom. The molecule has 1 aliphatic heterocycles. The number of hydrogen-bond acceptors (Lipinski definition) is 4. The molecule has 1 N–H and O–H groups in total. The number of aryl methyl sites for hydroxylation is 2. The molecule has 1 aromatic rings. The summed E-state index contributed by atoms with van der Waals surface area (Å²) in [6, 6.07) is 2.06. The predicted octanol–water partition coefficient (Wildman–Crippen LogP) is 2.24. The molecule has 1 aliphatic carbocycles. The number of hydrogen-bond donors (Lipinski definition) is 1. The van der Waals surface area contributed by atoms with Crippen LogP contribution in [-0.4, -0.2) is 48.3 Å². The Morgan fingerprint density at radius 3 is 2.81 bits per heavy atom. The molecule has 0 saturated carbocycles. The Bertz CT molecular complexity index is 496. The van der Waals surface area contributed by atoms with Crippen molar-refractivity contribution in [2.24, 2.45) is 0 Å². The molecule has 2 aliphatic rings. The second-order valence-electron chi connectivity index (χ2n) is 6.26. The van der Waals surface area contributed by atoms with E-state index in [4.69, 9.17) is 4.74 Å². The van der Waals surface area contributed by atoms with Crippen LogP contribution in [0.15, 0.2) is 6.07 Å². The van der Waals surface area contributed by atoms with Gasteiger partial charge >= 0.3 is 0 Å². The molecule has 0 atom stereocenters. The quantitative estimate of drug-likeness (QED) is 0.931. The molecule has 3 rings (SSSR count). The van der Waals surface area contributed by atoms with Gasteiger partial charge in [-0.3, -0.25) is 4.79 Å². The van der Waals surface area contributed by atoms with Crippen molar-refractivity contribution in [2.45, 2.75) is 44.1 Å². The van der Waals surface area contributed by atoms with Gasteiger partial charge in [0.2, 0.25) is 0 Å². The van der Waals surface area contributed by atoms with Crippen molar-refractivity contribution < 1.29 is 14.6 Å². The molecule has 1 aromatic heterocycles. The smallest absolute Gasteiger partial charge is 0.263 e. The van der Waals surface area contributed by atoms with Crippen LogP contribution in [0.3, 0.4) is 0 Å². The molecular formula is C16H23NO3S. The fourth-order valence-corrected chi connectivity index (χ4v) is 4.46. The molecule has 4 nitrogen and oxygen atoms in total. The topological polar surface area (TPSA) is 49.8 Å². The number of carbonyl (C=O) groups excluding carboxylic acids is 1. The number of amides is 1. The number of nitrogens with zero attached hydrogens (tertiary/aromatic N) is 1. The minimum absolute atomic E-state index is 0.0364. The number of ether oxygens (including phenoxy) is 1. The summed E-state index contributed by atoms with van der Waals surface area (Å²) in [5, 5.41) is 10.5. The van der Waals surface area contributed by atoms with E-state index in [-0.39, 0.29) is 5.91 Å². The number of thiophene rings is 1. The van der Waals surface area contributed by atoms with Crippen LogP contribution in [0.2, 0.25) is 0 Å². The van der Waals surface area contributed by atoms with Gasteiger partial charge in [-0.05, 0) is 37.3 Å². The number of aliphatic hydroxyl groups is 1. The molecule has 1 fully saturated rings. The van der Waals surface area contributed by atoms with E-state index in [2.05, 4.69) is 6.07 Å². The van der Waals surface area contributed by atoms with Crippen molar-refractivity contribution in [1.29, 1.82) is 0 Å². The number of carbonyl (C=O) groups is 1. The summed E-state index contributed by atoms with van der Waals surface area (Å²) in [7, 11) is 1.79. The maximum Gasteiger partial charge on any atom is 0.263 e. The Balaban J connectivity index is 1.67. The van der Waals surface area contributed by atoms with E-state index in [0.29, 0.717) is 32.6 Å². The maximum atomic E-state index is 12.6. The van der Waals surface area contributed by atoms with Gasteiger partial charge in [-0.1, -0.05) is 0 Å². The van der Waals surface area contributed by atoms with Crippen LogP contribution in [0.25, 0.3) is 0 Å². The van der Waals surface area contributed by atoms with Gasteiger partial charge in [-0.15, -0.1) is 11.3 Å². The van der Waals surface area contributed by atoms with Gasteiger partial charge in [0.05, 0.1) is 10.5 Å². The first-order valence-corrected chi connectivity index (χ1v) is 8.56. The normalized spacial score (nSPS) is 20.9. The molecular weight excluding hydrogens is 286 g/mol. The van der Waals surface area contributed by atoms with Crippen molar-refractivity contribution in [2.75, 3.05) is 26.8 Å². The molecule has 2 heterocycles. The SMILES string of the molecule is CN(CC1(O)CCOCC1)C(=O)c1cc2c(s1)CCCC2. The van der Waals surface area contributed by atoms with Gasteiger partial charge in [-0.25, -0.2) is 0 Å². The lowest BCUT2D eigenvalue weighted by Gasteiger charge is -2.35. The lowest BCUT2D eigenvalue weighted by Crippen LogP contribution is -2.47. The van der Waals surface area contributed by atoms with Gasteiger partial charge in [-0.2, -0.15) is 0 Å². The fraction of sp³-hybridized carbons (Fsp3) is 0.688. The Morgan fingerprint density at radius 1 is 1.38 bits per heavy atom. The number of rotatable bonds is 3. The minimum Gasteiger partial charge on any atom is -0.388 e. The van der Waals surface area contributed by atoms with Crippen molar-refractivity contribution in [3.05, 3.63) is 21.4 Å². The summed E-state index contributed by atoms with van der Waals surface area (Å²) in [6.45, 7) is 1.54. The maximum absolute atomic E-state index is 12.6. The Kier molecular flexibility index (Phi) is 4.33. The molecule has 0 spiro atoms. The highest BCUT2D eigenvalue weighted by molar-refractivity contribution is 7.14. The van der Waals surface area contributed by atoms with Crippen molar-refractivity contribution in [3.8, 4) is 0 Å². The standard InChI is InChI=1S/C16H23NO3S/c1-17(11-16(19)6-8-20-9-7-16)15(18)14-10-12-4-2-3-5-13(12)21-14/h10,19H,2-9,11H2,1H3. The second-order valence-corrected chi connectivity index (χ2v) is 7.40. The highest BCUT2D eigenvalue weighted by Gasteiger charge is 2.33. The molecule has 0 bridgehead atoms. The summed E-state index contributed by atoms with van der Waals surface area (Å²) in [5.74, 6) is 0.0364. The van der Waals surface area contributed by atoms with Crippen LogP contribution in [-0.2, 0) is 17.6 Å². The fourth-order valence-electron chi connectivity index (χ4n) is 3.21. The summed E-state index contributed by atoms with van der Waals surface area (Å²) in [6.07, 6.45) is 5.88. The largest absolute Gasteiger partial charge is 0.388 e. The highest BCUT2D eigenvalue weighted by Crippen LogP contribution is 2.30. The summed E-state index contributed by atoms with van der Waals surface area (Å²) < 4.78 is 5.29. The van der Waals surface area contributed by atoms with Crippen LogP contribution in [0, 0.1) is 0 Å². The van der Waals surface area contributed by atoms with E-state index in [1.165, 1.54) is 23.3 Å². The first kappa shape index (κ1) is 15.0. The molecule has 5 heteroatoms. The Hall–Kier alpha value is -0.910. The zero-order valence-corrected chi connectivity index (χ0v) is 13.4. The second kappa shape index (κ2) is 6.07. The van der Waals surface area contributed by atoms with Crippen molar-refractivity contribution in [3.63, 3.8) is 0 Å². The van der Waals surface area contributed by atoms with Gasteiger partial charge in [0.15, 0.2) is 0 Å². The van der Waals surface area contributed by atoms with E-state index in [1.807, 2.05) is 0 Å².